The van der Waals surface area contributed by atoms with Crippen molar-refractivity contribution in [1.29, 1.82) is 0 Å². The topological polar surface area (TPSA) is 20.2 Å². The van der Waals surface area contributed by atoms with Gasteiger partial charge in [0.1, 0.15) is 0 Å². The summed E-state index contributed by atoms with van der Waals surface area (Å²) in [4.78, 5) is 0. The van der Waals surface area contributed by atoms with Gasteiger partial charge >= 0.3 is 0 Å². The van der Waals surface area contributed by atoms with Crippen LogP contribution in [0.1, 0.15) is 13.8 Å². The zero-order valence-electron chi connectivity index (χ0n) is 4.10. The maximum atomic E-state index is 8.65. The van der Waals surface area contributed by atoms with Gasteiger partial charge in [0.25, 0.3) is 0 Å². The number of hydrogen-bond acceptors (Lipinski definition) is 1. The Kier molecular flexibility index (Phi) is 1.36. The Labute approximate surface area is 38.3 Å². The van der Waals surface area contributed by atoms with Crippen LogP contribution in [0.3, 0.4) is 0 Å². The summed E-state index contributed by atoms with van der Waals surface area (Å²) in [6, 6.07) is 0. The molecule has 0 spiro atoms. The van der Waals surface area contributed by atoms with Crippen molar-refractivity contribution in [1.82, 2.24) is 0 Å². The van der Waals surface area contributed by atoms with E-state index in [0.717, 1.165) is 0 Å². The first-order valence-electron chi connectivity index (χ1n) is 1.85. The van der Waals surface area contributed by atoms with Crippen molar-refractivity contribution in [2.75, 3.05) is 0 Å². The Hall–Kier alpha value is -0.300. The van der Waals surface area contributed by atoms with Gasteiger partial charge in [-0.1, -0.05) is 12.7 Å². The van der Waals surface area contributed by atoms with E-state index >= 15 is 0 Å². The van der Waals surface area contributed by atoms with E-state index in [1.807, 2.05) is 0 Å². The van der Waals surface area contributed by atoms with Crippen molar-refractivity contribution in [2.45, 2.75) is 19.4 Å². The molecule has 0 amide bonds. The zero-order valence-corrected chi connectivity index (χ0v) is 4.10. The highest BCUT2D eigenvalue weighted by molar-refractivity contribution is 4.83. The molecule has 0 rings (SSSR count). The molecule has 1 nitrogen and oxygen atoms in total. The van der Waals surface area contributed by atoms with E-state index in [1.165, 1.54) is 6.08 Å². The summed E-state index contributed by atoms with van der Waals surface area (Å²) in [5.41, 5.74) is -0.806. The summed E-state index contributed by atoms with van der Waals surface area (Å²) in [6.07, 6.45) is 1.24. The fourth-order valence-corrected chi connectivity index (χ4v) is 0. The minimum atomic E-state index is -0.806. The standard InChI is InChI=1S/C5H9O/c1-4-5(2,3)6/h1,4,6H,2-3H3. The predicted octanol–water partition coefficient (Wildman–Crippen LogP) is 0.746. The lowest BCUT2D eigenvalue weighted by molar-refractivity contribution is 0.133. The molecule has 0 aliphatic rings. The van der Waals surface area contributed by atoms with Gasteiger partial charge in [-0.05, 0) is 13.8 Å². The van der Waals surface area contributed by atoms with Crippen molar-refractivity contribution < 1.29 is 5.11 Å². The third-order valence-electron chi connectivity index (χ3n) is 0.408. The molecule has 1 radical (unpaired) electrons. The van der Waals surface area contributed by atoms with Crippen LogP contribution in [0, 0.1) is 6.58 Å². The molecular formula is C5H9O. The Morgan fingerprint density at radius 1 is 1.67 bits per heavy atom. The van der Waals surface area contributed by atoms with Crippen molar-refractivity contribution in [3.8, 4) is 0 Å². The molecule has 0 saturated heterocycles. The lowest BCUT2D eigenvalue weighted by atomic mass is 10.1. The molecule has 0 unspecified atom stereocenters. The van der Waals surface area contributed by atoms with E-state index in [4.69, 9.17) is 11.7 Å². The molecule has 0 bridgehead atoms. The molecule has 0 fully saturated rings. The maximum Gasteiger partial charge on any atom is 0.0774 e. The summed E-state index contributed by atoms with van der Waals surface area (Å²) in [5, 5.41) is 8.65. The van der Waals surface area contributed by atoms with Gasteiger partial charge in [-0.3, -0.25) is 0 Å². The Morgan fingerprint density at radius 2 is 1.83 bits per heavy atom. The first kappa shape index (κ1) is 5.70. The predicted molar refractivity (Wildman–Crippen MR) is 25.2 cm³/mol. The van der Waals surface area contributed by atoms with Gasteiger partial charge in [0.05, 0.1) is 5.60 Å². The van der Waals surface area contributed by atoms with Crippen LogP contribution in [-0.4, -0.2) is 10.7 Å². The van der Waals surface area contributed by atoms with Gasteiger partial charge < -0.3 is 5.11 Å². The van der Waals surface area contributed by atoms with E-state index in [-0.39, 0.29) is 0 Å². The normalized spacial score (nSPS) is 11.2. The van der Waals surface area contributed by atoms with E-state index in [0.29, 0.717) is 0 Å². The molecule has 0 saturated carbocycles. The van der Waals surface area contributed by atoms with E-state index in [2.05, 4.69) is 0 Å². The van der Waals surface area contributed by atoms with Crippen LogP contribution in [0.15, 0.2) is 6.08 Å². The highest BCUT2D eigenvalue weighted by Crippen LogP contribution is 1.98. The average Bonchev–Trinajstić information content (AvgIpc) is 1.35. The largest absolute Gasteiger partial charge is 0.386 e. The molecule has 0 aromatic rings. The first-order chi connectivity index (χ1) is 2.56. The summed E-state index contributed by atoms with van der Waals surface area (Å²) in [6.45, 7) is 8.17. The lowest BCUT2D eigenvalue weighted by Gasteiger charge is -2.07. The van der Waals surface area contributed by atoms with Gasteiger partial charge in [-0.25, -0.2) is 0 Å². The van der Waals surface area contributed by atoms with Crippen LogP contribution in [0.4, 0.5) is 0 Å². The van der Waals surface area contributed by atoms with Crippen molar-refractivity contribution >= 4 is 0 Å². The number of aliphatic hydroxyl groups is 1. The van der Waals surface area contributed by atoms with Crippen LogP contribution in [0.5, 0.6) is 0 Å². The SMILES string of the molecule is [CH]=CC(C)(C)O. The Balaban J connectivity index is 3.45. The van der Waals surface area contributed by atoms with Crippen LogP contribution in [0.25, 0.3) is 0 Å². The Bertz CT molecular complexity index is 49.4. The molecule has 0 aliphatic carbocycles. The molecule has 0 aromatic carbocycles. The minimum Gasteiger partial charge on any atom is -0.386 e. The second-order valence-corrected chi connectivity index (χ2v) is 1.82. The molecule has 0 atom stereocenters. The van der Waals surface area contributed by atoms with Gasteiger partial charge in [-0.2, -0.15) is 0 Å². The van der Waals surface area contributed by atoms with Gasteiger partial charge in [0.2, 0.25) is 0 Å². The molecular weight excluding hydrogens is 76.1 g/mol. The maximum absolute atomic E-state index is 8.65. The molecule has 0 aliphatic heterocycles. The third kappa shape index (κ3) is 3.70. The van der Waals surface area contributed by atoms with Crippen molar-refractivity contribution in [3.05, 3.63) is 12.7 Å². The molecule has 6 heavy (non-hydrogen) atoms. The average molecular weight is 85.1 g/mol. The molecule has 0 heterocycles. The zero-order chi connectivity index (χ0) is 5.21. The minimum absolute atomic E-state index is 0.806. The third-order valence-corrected chi connectivity index (χ3v) is 0.408. The van der Waals surface area contributed by atoms with E-state index in [1.54, 1.807) is 13.8 Å². The van der Waals surface area contributed by atoms with Gasteiger partial charge in [0, 0.05) is 0 Å². The Morgan fingerprint density at radius 3 is 1.83 bits per heavy atom. The van der Waals surface area contributed by atoms with Crippen LogP contribution in [0.2, 0.25) is 0 Å². The van der Waals surface area contributed by atoms with Crippen molar-refractivity contribution in [2.24, 2.45) is 0 Å². The fourth-order valence-electron chi connectivity index (χ4n) is 0. The molecule has 1 heteroatoms. The summed E-state index contributed by atoms with van der Waals surface area (Å²) in [7, 11) is 0. The van der Waals surface area contributed by atoms with Crippen molar-refractivity contribution in [3.63, 3.8) is 0 Å². The van der Waals surface area contributed by atoms with Crippen LogP contribution in [-0.2, 0) is 0 Å². The van der Waals surface area contributed by atoms with Crippen LogP contribution >= 0.6 is 0 Å². The van der Waals surface area contributed by atoms with Gasteiger partial charge in [-0.15, -0.1) is 0 Å². The summed E-state index contributed by atoms with van der Waals surface area (Å²) < 4.78 is 0. The van der Waals surface area contributed by atoms with Gasteiger partial charge in [0.15, 0.2) is 0 Å². The first-order valence-corrected chi connectivity index (χ1v) is 1.85. The quantitative estimate of drug-likeness (QED) is 0.498. The van der Waals surface area contributed by atoms with Crippen LogP contribution < -0.4 is 0 Å². The highest BCUT2D eigenvalue weighted by Gasteiger charge is 2.02. The highest BCUT2D eigenvalue weighted by atomic mass is 16.3. The fraction of sp³-hybridized carbons (Fsp3) is 0.600. The summed E-state index contributed by atoms with van der Waals surface area (Å²) >= 11 is 0. The molecule has 1 N–H and O–H groups in total. The van der Waals surface area contributed by atoms with E-state index in [9.17, 15) is 0 Å². The number of rotatable bonds is 1. The van der Waals surface area contributed by atoms with E-state index < -0.39 is 5.60 Å². The second kappa shape index (κ2) is 1.43. The smallest absolute Gasteiger partial charge is 0.0774 e. The molecule has 35 valence electrons. The second-order valence-electron chi connectivity index (χ2n) is 1.82. The monoisotopic (exact) mass is 85.1 g/mol. The number of hydrogen-bond donors (Lipinski definition) is 1. The molecule has 0 aromatic heterocycles. The lowest BCUT2D eigenvalue weighted by Crippen LogP contribution is -2.12. The summed E-state index contributed by atoms with van der Waals surface area (Å²) in [5.74, 6) is 0.